The van der Waals surface area contributed by atoms with E-state index >= 15 is 0 Å². The average molecular weight is 318 g/mol. The summed E-state index contributed by atoms with van der Waals surface area (Å²) < 4.78 is 43.3. The van der Waals surface area contributed by atoms with E-state index in [9.17, 15) is 8.78 Å². The van der Waals surface area contributed by atoms with Crippen molar-refractivity contribution < 1.29 is 23.0 Å². The summed E-state index contributed by atoms with van der Waals surface area (Å²) in [6.07, 6.45) is -0.672. The van der Waals surface area contributed by atoms with Crippen LogP contribution in [0.3, 0.4) is 0 Å². The van der Waals surface area contributed by atoms with Crippen LogP contribution in [0.5, 0.6) is 0 Å². The molecule has 2 aliphatic rings. The van der Waals surface area contributed by atoms with Crippen molar-refractivity contribution in [2.45, 2.75) is 24.4 Å². The van der Waals surface area contributed by atoms with Crippen LogP contribution >= 0.6 is 0 Å². The van der Waals surface area contributed by atoms with Gasteiger partial charge < -0.3 is 14.2 Å². The van der Waals surface area contributed by atoms with Gasteiger partial charge in [0.25, 0.3) is 0 Å². The summed E-state index contributed by atoms with van der Waals surface area (Å²) in [6.45, 7) is 1.23. The second-order valence-corrected chi connectivity index (χ2v) is 5.82. The maximum atomic E-state index is 13.1. The number of ether oxygens (including phenoxy) is 3. The summed E-state index contributed by atoms with van der Waals surface area (Å²) in [5, 5.41) is 0. The maximum Gasteiger partial charge on any atom is 0.123 e. The first-order valence-electron chi connectivity index (χ1n) is 7.60. The predicted molar refractivity (Wildman–Crippen MR) is 78.8 cm³/mol. The predicted octanol–water partition coefficient (Wildman–Crippen LogP) is 3.56. The molecule has 0 aliphatic carbocycles. The van der Waals surface area contributed by atoms with Gasteiger partial charge in [-0.05, 0) is 35.4 Å². The van der Waals surface area contributed by atoms with Gasteiger partial charge in [-0.25, -0.2) is 8.78 Å². The Hall–Kier alpha value is -1.82. The van der Waals surface area contributed by atoms with Gasteiger partial charge in [0.05, 0.1) is 13.2 Å². The molecule has 120 valence electrons. The third-order valence-electron chi connectivity index (χ3n) is 4.08. The van der Waals surface area contributed by atoms with E-state index < -0.39 is 0 Å². The van der Waals surface area contributed by atoms with Crippen LogP contribution in [0, 0.1) is 11.6 Å². The Morgan fingerprint density at radius 2 is 1.09 bits per heavy atom. The molecule has 0 amide bonds. The van der Waals surface area contributed by atoms with E-state index in [-0.39, 0.29) is 36.1 Å². The van der Waals surface area contributed by atoms with E-state index in [1.807, 2.05) is 0 Å². The standard InChI is InChI=1S/C18H16F2O3/c19-13-5-1-11(2-6-13)17(15-9-21-15)23-18(16-10-22-16)12-3-7-14(20)8-4-12/h1-8,15-18H,9-10H2. The normalized spacial score (nSPS) is 25.0. The minimum atomic E-state index is -0.296. The molecular formula is C18H16F2O3. The summed E-state index contributed by atoms with van der Waals surface area (Å²) in [5.41, 5.74) is 1.73. The van der Waals surface area contributed by atoms with Gasteiger partial charge in [0.2, 0.25) is 0 Å². The molecule has 0 saturated carbocycles. The molecule has 2 aliphatic heterocycles. The number of benzene rings is 2. The van der Waals surface area contributed by atoms with Gasteiger partial charge in [-0.3, -0.25) is 0 Å². The van der Waals surface area contributed by atoms with Crippen LogP contribution in [-0.4, -0.2) is 25.4 Å². The Balaban J connectivity index is 1.58. The van der Waals surface area contributed by atoms with Gasteiger partial charge in [-0.15, -0.1) is 0 Å². The van der Waals surface area contributed by atoms with E-state index in [0.717, 1.165) is 11.1 Å². The Kier molecular flexibility index (Phi) is 3.85. The smallest absolute Gasteiger partial charge is 0.123 e. The molecule has 2 aromatic rings. The second kappa shape index (κ2) is 6.00. The van der Waals surface area contributed by atoms with Crippen molar-refractivity contribution in [3.8, 4) is 0 Å². The van der Waals surface area contributed by atoms with E-state index in [1.54, 1.807) is 24.3 Å². The fourth-order valence-corrected chi connectivity index (χ4v) is 2.69. The summed E-state index contributed by atoms with van der Waals surface area (Å²) in [5.74, 6) is -0.574. The first-order chi connectivity index (χ1) is 11.2. The maximum absolute atomic E-state index is 13.1. The minimum Gasteiger partial charge on any atom is -0.370 e. The van der Waals surface area contributed by atoms with Crippen LogP contribution in [0.4, 0.5) is 8.78 Å². The van der Waals surface area contributed by atoms with E-state index in [2.05, 4.69) is 0 Å². The minimum absolute atomic E-state index is 0.0397. The summed E-state index contributed by atoms with van der Waals surface area (Å²) in [7, 11) is 0. The summed E-state index contributed by atoms with van der Waals surface area (Å²) >= 11 is 0. The van der Waals surface area contributed by atoms with Crippen LogP contribution in [-0.2, 0) is 14.2 Å². The van der Waals surface area contributed by atoms with Crippen molar-refractivity contribution in [3.05, 3.63) is 71.3 Å². The van der Waals surface area contributed by atoms with Gasteiger partial charge >= 0.3 is 0 Å². The molecule has 0 N–H and O–H groups in total. The third kappa shape index (κ3) is 3.42. The quantitative estimate of drug-likeness (QED) is 0.764. The highest BCUT2D eigenvalue weighted by atomic mass is 19.1. The van der Waals surface area contributed by atoms with Crippen molar-refractivity contribution in [2.24, 2.45) is 0 Å². The molecule has 3 nitrogen and oxygen atoms in total. The molecule has 4 rings (SSSR count). The molecule has 2 fully saturated rings. The van der Waals surface area contributed by atoms with Gasteiger partial charge in [0, 0.05) is 0 Å². The van der Waals surface area contributed by atoms with Crippen molar-refractivity contribution in [1.82, 2.24) is 0 Å². The third-order valence-corrected chi connectivity index (χ3v) is 4.08. The number of epoxide rings is 2. The lowest BCUT2D eigenvalue weighted by atomic mass is 10.0. The molecule has 4 unspecified atom stereocenters. The molecule has 23 heavy (non-hydrogen) atoms. The zero-order valence-electron chi connectivity index (χ0n) is 12.3. The largest absolute Gasteiger partial charge is 0.370 e. The number of halogens is 2. The van der Waals surface area contributed by atoms with Crippen molar-refractivity contribution >= 4 is 0 Å². The lowest BCUT2D eigenvalue weighted by molar-refractivity contribution is -0.0419. The summed E-state index contributed by atoms with van der Waals surface area (Å²) in [6, 6.07) is 12.5. The Morgan fingerprint density at radius 1 is 0.739 bits per heavy atom. The molecule has 0 spiro atoms. The Bertz CT molecular complexity index is 604. The lowest BCUT2D eigenvalue weighted by Crippen LogP contribution is -2.19. The zero-order valence-corrected chi connectivity index (χ0v) is 12.3. The van der Waals surface area contributed by atoms with Crippen molar-refractivity contribution in [2.75, 3.05) is 13.2 Å². The number of hydrogen-bond acceptors (Lipinski definition) is 3. The Labute approximate surface area is 132 Å². The fraction of sp³-hybridized carbons (Fsp3) is 0.333. The molecule has 0 bridgehead atoms. The van der Waals surface area contributed by atoms with E-state index in [4.69, 9.17) is 14.2 Å². The van der Waals surface area contributed by atoms with Crippen LogP contribution in [0.15, 0.2) is 48.5 Å². The van der Waals surface area contributed by atoms with Crippen LogP contribution in [0.2, 0.25) is 0 Å². The highest BCUT2D eigenvalue weighted by Gasteiger charge is 2.42. The van der Waals surface area contributed by atoms with Crippen LogP contribution < -0.4 is 0 Å². The molecule has 4 atom stereocenters. The summed E-state index contributed by atoms with van der Waals surface area (Å²) in [4.78, 5) is 0. The van der Waals surface area contributed by atoms with E-state index in [0.29, 0.717) is 13.2 Å². The van der Waals surface area contributed by atoms with Crippen LogP contribution in [0.1, 0.15) is 23.3 Å². The highest BCUT2D eigenvalue weighted by Crippen LogP contribution is 2.40. The first-order valence-corrected chi connectivity index (χ1v) is 7.60. The molecule has 2 saturated heterocycles. The highest BCUT2D eigenvalue weighted by molar-refractivity contribution is 5.24. The van der Waals surface area contributed by atoms with Crippen molar-refractivity contribution in [3.63, 3.8) is 0 Å². The van der Waals surface area contributed by atoms with E-state index in [1.165, 1.54) is 24.3 Å². The SMILES string of the molecule is Fc1ccc(C(OC(c2ccc(F)cc2)C2CO2)C2CO2)cc1. The first kappa shape index (κ1) is 14.8. The molecule has 0 radical (unpaired) electrons. The molecule has 5 heteroatoms. The molecule has 2 aromatic carbocycles. The fourth-order valence-electron chi connectivity index (χ4n) is 2.69. The second-order valence-electron chi connectivity index (χ2n) is 5.82. The topological polar surface area (TPSA) is 34.3 Å². The molecule has 0 aromatic heterocycles. The Morgan fingerprint density at radius 3 is 1.39 bits per heavy atom. The molecular weight excluding hydrogens is 302 g/mol. The lowest BCUT2D eigenvalue weighted by Gasteiger charge is -2.23. The number of rotatable bonds is 6. The van der Waals surface area contributed by atoms with Gasteiger partial charge in [-0.2, -0.15) is 0 Å². The molecule has 2 heterocycles. The number of hydrogen-bond donors (Lipinski definition) is 0. The van der Waals surface area contributed by atoms with Crippen LogP contribution in [0.25, 0.3) is 0 Å². The van der Waals surface area contributed by atoms with Gasteiger partial charge in [0.1, 0.15) is 36.1 Å². The monoisotopic (exact) mass is 318 g/mol. The average Bonchev–Trinajstić information content (AvgIpc) is 3.45. The van der Waals surface area contributed by atoms with Gasteiger partial charge in [0.15, 0.2) is 0 Å². The van der Waals surface area contributed by atoms with Crippen molar-refractivity contribution in [1.29, 1.82) is 0 Å². The van der Waals surface area contributed by atoms with Gasteiger partial charge in [-0.1, -0.05) is 24.3 Å². The zero-order chi connectivity index (χ0) is 15.8.